The lowest BCUT2D eigenvalue weighted by Crippen LogP contribution is -2.42. The van der Waals surface area contributed by atoms with Crippen molar-refractivity contribution in [3.8, 4) is 0 Å². The van der Waals surface area contributed by atoms with Crippen molar-refractivity contribution in [3.63, 3.8) is 0 Å². The second-order valence-corrected chi connectivity index (χ2v) is 15.6. The highest BCUT2D eigenvalue weighted by molar-refractivity contribution is 5.71. The van der Waals surface area contributed by atoms with E-state index in [2.05, 4.69) is 6.92 Å². The highest BCUT2D eigenvalue weighted by Gasteiger charge is 2.28. The van der Waals surface area contributed by atoms with Gasteiger partial charge in [-0.25, -0.2) is 9.59 Å². The van der Waals surface area contributed by atoms with Crippen LogP contribution in [0.3, 0.4) is 0 Å². The Morgan fingerprint density at radius 2 is 1.24 bits per heavy atom. The Morgan fingerprint density at radius 1 is 0.686 bits per heavy atom. The molecule has 0 N–H and O–H groups in total. The molecule has 1 saturated heterocycles. The Labute approximate surface area is 309 Å². The summed E-state index contributed by atoms with van der Waals surface area (Å²) in [7, 11) is 0. The lowest BCUT2D eigenvalue weighted by molar-refractivity contribution is -0.172. The van der Waals surface area contributed by atoms with E-state index in [9.17, 15) is 9.59 Å². The summed E-state index contributed by atoms with van der Waals surface area (Å²) in [5, 5.41) is 0. The highest BCUT2D eigenvalue weighted by atomic mass is 16.6. The number of unbranched alkanes of at least 4 members (excludes halogenated alkanes) is 9. The van der Waals surface area contributed by atoms with Crippen LogP contribution in [0.5, 0.6) is 0 Å². The molecular formula is C39H74O12. The summed E-state index contributed by atoms with van der Waals surface area (Å²) < 4.78 is 58.1. The summed E-state index contributed by atoms with van der Waals surface area (Å²) in [6, 6.07) is 0. The maximum Gasteiger partial charge on any atom is 0.332 e. The lowest BCUT2D eigenvalue weighted by Gasteiger charge is -2.30. The number of carbonyl (C=O) groups is 2. The van der Waals surface area contributed by atoms with Gasteiger partial charge in [-0.05, 0) is 54.9 Å². The summed E-state index contributed by atoms with van der Waals surface area (Å²) >= 11 is 0. The van der Waals surface area contributed by atoms with Crippen LogP contribution in [-0.2, 0) is 57.0 Å². The first kappa shape index (κ1) is 47.6. The Balaban J connectivity index is 2.65. The van der Waals surface area contributed by atoms with E-state index in [0.717, 1.165) is 12.8 Å². The molecule has 0 amide bonds. The average Bonchev–Trinajstić information content (AvgIpc) is 3.03. The van der Waals surface area contributed by atoms with Gasteiger partial charge in [0.05, 0.1) is 78.8 Å². The van der Waals surface area contributed by atoms with E-state index in [-0.39, 0.29) is 45.7 Å². The van der Waals surface area contributed by atoms with Gasteiger partial charge in [0.1, 0.15) is 36.1 Å². The number of hydrogen-bond acceptors (Lipinski definition) is 12. The van der Waals surface area contributed by atoms with Crippen LogP contribution in [0.1, 0.15) is 126 Å². The van der Waals surface area contributed by atoms with Gasteiger partial charge < -0.3 is 47.4 Å². The minimum atomic E-state index is -0.792. The van der Waals surface area contributed by atoms with Crippen molar-refractivity contribution in [1.82, 2.24) is 0 Å². The van der Waals surface area contributed by atoms with E-state index in [1.54, 1.807) is 41.5 Å². The molecular weight excluding hydrogens is 660 g/mol. The molecule has 12 heteroatoms. The molecule has 0 saturated carbocycles. The molecule has 3 unspecified atom stereocenters. The van der Waals surface area contributed by atoms with Gasteiger partial charge in [0.15, 0.2) is 0 Å². The zero-order chi connectivity index (χ0) is 37.9. The zero-order valence-corrected chi connectivity index (χ0v) is 33.5. The van der Waals surface area contributed by atoms with Crippen LogP contribution in [0.2, 0.25) is 0 Å². The van der Waals surface area contributed by atoms with Crippen molar-refractivity contribution in [1.29, 1.82) is 0 Å². The van der Waals surface area contributed by atoms with E-state index in [0.29, 0.717) is 46.2 Å². The molecule has 3 atom stereocenters. The molecule has 0 aromatic heterocycles. The molecule has 302 valence electrons. The van der Waals surface area contributed by atoms with E-state index < -0.39 is 34.8 Å². The topological polar surface area (TPSA) is 126 Å². The minimum absolute atomic E-state index is 0.00377. The third kappa shape index (κ3) is 29.7. The third-order valence-corrected chi connectivity index (χ3v) is 7.73. The van der Waals surface area contributed by atoms with Gasteiger partial charge in [-0.1, -0.05) is 71.1 Å². The van der Waals surface area contributed by atoms with Crippen LogP contribution in [0, 0.1) is 0 Å². The molecule has 0 radical (unpaired) electrons. The molecule has 51 heavy (non-hydrogen) atoms. The van der Waals surface area contributed by atoms with Gasteiger partial charge in [0.2, 0.25) is 0 Å². The fraction of sp³-hybridized carbons (Fsp3) is 0.949. The second kappa shape index (κ2) is 28.1. The molecule has 0 aliphatic carbocycles. The van der Waals surface area contributed by atoms with Crippen LogP contribution < -0.4 is 0 Å². The quantitative estimate of drug-likeness (QED) is 0.0876. The molecule has 0 bridgehead atoms. The Bertz CT molecular complexity index is 871. The molecule has 0 aromatic rings. The molecule has 0 aromatic carbocycles. The van der Waals surface area contributed by atoms with E-state index in [1.807, 2.05) is 6.92 Å². The van der Waals surface area contributed by atoms with Crippen molar-refractivity contribution < 1.29 is 57.0 Å². The number of esters is 2. The first-order valence-corrected chi connectivity index (χ1v) is 19.4. The molecule has 1 rings (SSSR count). The summed E-state index contributed by atoms with van der Waals surface area (Å²) in [6.07, 6.45) is 13.2. The lowest BCUT2D eigenvalue weighted by atomic mass is 10.0. The fourth-order valence-corrected chi connectivity index (χ4v) is 5.29. The standard InChI is InChI=1S/C39H74O12/c1-9-10-11-12-13-14-15-16-17-18-19-33-26-43-22-20-42-21-23-44-31-39(8,49-25-24-47-33)32-46-28-34(48-30-36(41)51-38(5,6)7)27-45-29-35(40)50-37(2,3)4/h33-34H,9-32H2,1-8H3. The predicted octanol–water partition coefficient (Wildman–Crippen LogP) is 6.62. The second-order valence-electron chi connectivity index (χ2n) is 15.6. The van der Waals surface area contributed by atoms with Gasteiger partial charge in [-0.15, -0.1) is 0 Å². The number of ether oxygens (including phenoxy) is 10. The van der Waals surface area contributed by atoms with Crippen molar-refractivity contribution in [3.05, 3.63) is 0 Å². The fourth-order valence-electron chi connectivity index (χ4n) is 5.29. The first-order valence-electron chi connectivity index (χ1n) is 19.4. The largest absolute Gasteiger partial charge is 0.458 e. The number of hydrogen-bond donors (Lipinski definition) is 0. The maximum atomic E-state index is 12.3. The summed E-state index contributed by atoms with van der Waals surface area (Å²) in [6.45, 7) is 18.0. The third-order valence-electron chi connectivity index (χ3n) is 7.73. The molecule has 12 nitrogen and oxygen atoms in total. The van der Waals surface area contributed by atoms with Crippen LogP contribution in [0.15, 0.2) is 0 Å². The van der Waals surface area contributed by atoms with E-state index in [4.69, 9.17) is 47.4 Å². The Hall–Kier alpha value is -1.38. The number of carbonyl (C=O) groups excluding carboxylic acids is 2. The SMILES string of the molecule is CCCCCCCCCCCCC1COCCOCCOCC(C)(COCC(COCC(=O)OC(C)(C)C)OCC(=O)OC(C)(C)C)OCCO1. The smallest absolute Gasteiger partial charge is 0.332 e. The molecule has 0 spiro atoms. The Kier molecular flexibility index (Phi) is 26.3. The van der Waals surface area contributed by atoms with Gasteiger partial charge in [-0.3, -0.25) is 0 Å². The minimum Gasteiger partial charge on any atom is -0.458 e. The van der Waals surface area contributed by atoms with E-state index in [1.165, 1.54) is 57.8 Å². The highest BCUT2D eigenvalue weighted by Crippen LogP contribution is 2.16. The van der Waals surface area contributed by atoms with Crippen molar-refractivity contribution in [2.45, 2.75) is 155 Å². The molecule has 1 aliphatic rings. The van der Waals surface area contributed by atoms with Crippen LogP contribution in [-0.4, -0.2) is 127 Å². The van der Waals surface area contributed by atoms with Crippen molar-refractivity contribution >= 4 is 11.9 Å². The van der Waals surface area contributed by atoms with Crippen LogP contribution in [0.4, 0.5) is 0 Å². The molecule has 1 aliphatic heterocycles. The predicted molar refractivity (Wildman–Crippen MR) is 196 cm³/mol. The average molecular weight is 735 g/mol. The van der Waals surface area contributed by atoms with Gasteiger partial charge in [-0.2, -0.15) is 0 Å². The number of rotatable bonds is 22. The van der Waals surface area contributed by atoms with Crippen molar-refractivity contribution in [2.24, 2.45) is 0 Å². The summed E-state index contributed by atoms with van der Waals surface area (Å²) in [5.41, 5.74) is -2.07. The molecule has 1 heterocycles. The van der Waals surface area contributed by atoms with Crippen LogP contribution >= 0.6 is 0 Å². The van der Waals surface area contributed by atoms with Crippen LogP contribution in [0.25, 0.3) is 0 Å². The summed E-state index contributed by atoms with van der Waals surface area (Å²) in [4.78, 5) is 24.5. The summed E-state index contributed by atoms with van der Waals surface area (Å²) in [5.74, 6) is -1.00. The first-order chi connectivity index (χ1) is 24.2. The molecule has 1 fully saturated rings. The van der Waals surface area contributed by atoms with Gasteiger partial charge in [0.25, 0.3) is 0 Å². The monoisotopic (exact) mass is 735 g/mol. The maximum absolute atomic E-state index is 12.3. The zero-order valence-electron chi connectivity index (χ0n) is 33.5. The van der Waals surface area contributed by atoms with Crippen molar-refractivity contribution in [2.75, 3.05) is 85.9 Å². The van der Waals surface area contributed by atoms with Gasteiger partial charge in [0, 0.05) is 0 Å². The van der Waals surface area contributed by atoms with E-state index >= 15 is 0 Å². The normalized spacial score (nSPS) is 21.0. The van der Waals surface area contributed by atoms with Gasteiger partial charge >= 0.3 is 11.9 Å². The Morgan fingerprint density at radius 3 is 1.86 bits per heavy atom.